The van der Waals surface area contributed by atoms with Gasteiger partial charge in [0, 0.05) is 13.0 Å². The average Bonchev–Trinajstić information content (AvgIpc) is 3.39. The zero-order chi connectivity index (χ0) is 20.2. The molecule has 0 radical (unpaired) electrons. The molecule has 0 aliphatic carbocycles. The number of likely N-dealkylation sites (tertiary alicyclic amines) is 1. The topological polar surface area (TPSA) is 68.5 Å². The van der Waals surface area contributed by atoms with Crippen molar-refractivity contribution in [3.8, 4) is 5.75 Å². The minimum absolute atomic E-state index is 0.120. The van der Waals surface area contributed by atoms with Gasteiger partial charge in [-0.15, -0.1) is 0 Å². The van der Waals surface area contributed by atoms with Gasteiger partial charge in [0.1, 0.15) is 17.6 Å². The van der Waals surface area contributed by atoms with Crippen LogP contribution in [-0.2, 0) is 6.42 Å². The molecule has 1 amide bonds. The van der Waals surface area contributed by atoms with Crippen LogP contribution in [0, 0.1) is 5.82 Å². The molecule has 0 bridgehead atoms. The number of halogens is 1. The first kappa shape index (κ1) is 19.1. The van der Waals surface area contributed by atoms with Crippen LogP contribution in [0.2, 0.25) is 0 Å². The zero-order valence-electron chi connectivity index (χ0n) is 16.2. The lowest BCUT2D eigenvalue weighted by Gasteiger charge is -2.23. The summed E-state index contributed by atoms with van der Waals surface area (Å²) in [6, 6.07) is 13.4. The highest BCUT2D eigenvalue weighted by atomic mass is 19.1. The van der Waals surface area contributed by atoms with E-state index < -0.39 is 0 Å². The standard InChI is InChI=1S/C22H22FN3O3/c1-2-28-19-12-6-4-9-16(19)22(27)26-13-7-11-18(26)21-24-20(25-29-21)14-15-8-3-5-10-17(15)23/h3-6,8-10,12,18H,2,7,11,13-14H2,1H3. The van der Waals surface area contributed by atoms with E-state index in [1.165, 1.54) is 6.07 Å². The number of carbonyl (C=O) groups is 1. The molecular formula is C22H22FN3O3. The molecule has 2 heterocycles. The first-order valence-corrected chi connectivity index (χ1v) is 9.76. The maximum atomic E-state index is 13.9. The zero-order valence-corrected chi connectivity index (χ0v) is 16.2. The Kier molecular flexibility index (Phi) is 5.55. The minimum atomic E-state index is -0.302. The largest absolute Gasteiger partial charge is 0.493 e. The van der Waals surface area contributed by atoms with Crippen molar-refractivity contribution in [2.75, 3.05) is 13.2 Å². The van der Waals surface area contributed by atoms with E-state index in [1.807, 2.05) is 19.1 Å². The predicted octanol–water partition coefficient (Wildman–Crippen LogP) is 4.18. The lowest BCUT2D eigenvalue weighted by molar-refractivity contribution is 0.0706. The van der Waals surface area contributed by atoms with Gasteiger partial charge in [0.2, 0.25) is 5.89 Å². The number of benzene rings is 2. The van der Waals surface area contributed by atoms with Crippen molar-refractivity contribution >= 4 is 5.91 Å². The van der Waals surface area contributed by atoms with Crippen molar-refractivity contribution in [2.24, 2.45) is 0 Å². The van der Waals surface area contributed by atoms with Gasteiger partial charge >= 0.3 is 0 Å². The molecule has 1 aliphatic rings. The van der Waals surface area contributed by atoms with E-state index in [1.54, 1.807) is 35.2 Å². The van der Waals surface area contributed by atoms with E-state index in [4.69, 9.17) is 9.26 Å². The predicted molar refractivity (Wildman–Crippen MR) is 104 cm³/mol. The third kappa shape index (κ3) is 3.99. The molecule has 1 unspecified atom stereocenters. The Balaban J connectivity index is 1.54. The molecule has 1 aromatic heterocycles. The van der Waals surface area contributed by atoms with Crippen LogP contribution in [0.4, 0.5) is 4.39 Å². The lowest BCUT2D eigenvalue weighted by atomic mass is 10.1. The van der Waals surface area contributed by atoms with Crippen LogP contribution in [-0.4, -0.2) is 34.1 Å². The number of amides is 1. The lowest BCUT2D eigenvalue weighted by Crippen LogP contribution is -2.31. The summed E-state index contributed by atoms with van der Waals surface area (Å²) in [5.41, 5.74) is 1.03. The first-order chi connectivity index (χ1) is 14.2. The van der Waals surface area contributed by atoms with Crippen LogP contribution in [0.3, 0.4) is 0 Å². The molecule has 3 aromatic rings. The summed E-state index contributed by atoms with van der Waals surface area (Å²) < 4.78 is 24.9. The van der Waals surface area contributed by atoms with Gasteiger partial charge in [-0.25, -0.2) is 4.39 Å². The van der Waals surface area contributed by atoms with E-state index in [-0.39, 0.29) is 24.2 Å². The molecule has 1 atom stereocenters. The van der Waals surface area contributed by atoms with Gasteiger partial charge in [0.15, 0.2) is 5.82 Å². The molecule has 1 aliphatic heterocycles. The third-order valence-electron chi connectivity index (χ3n) is 5.01. The second-order valence-electron chi connectivity index (χ2n) is 6.90. The van der Waals surface area contributed by atoms with E-state index in [9.17, 15) is 9.18 Å². The van der Waals surface area contributed by atoms with Crippen molar-refractivity contribution in [1.82, 2.24) is 15.0 Å². The minimum Gasteiger partial charge on any atom is -0.493 e. The second-order valence-corrected chi connectivity index (χ2v) is 6.90. The van der Waals surface area contributed by atoms with Gasteiger partial charge in [-0.05, 0) is 43.5 Å². The van der Waals surface area contributed by atoms with Gasteiger partial charge in [-0.3, -0.25) is 4.79 Å². The van der Waals surface area contributed by atoms with Crippen LogP contribution in [0.5, 0.6) is 5.75 Å². The summed E-state index contributed by atoms with van der Waals surface area (Å²) in [7, 11) is 0. The average molecular weight is 395 g/mol. The van der Waals surface area contributed by atoms with E-state index in [0.29, 0.717) is 41.7 Å². The monoisotopic (exact) mass is 395 g/mol. The number of para-hydroxylation sites is 1. The number of carbonyl (C=O) groups excluding carboxylic acids is 1. The molecule has 150 valence electrons. The Labute approximate surface area is 168 Å². The van der Waals surface area contributed by atoms with E-state index in [0.717, 1.165) is 12.8 Å². The van der Waals surface area contributed by atoms with Crippen molar-refractivity contribution in [2.45, 2.75) is 32.2 Å². The van der Waals surface area contributed by atoms with Crippen LogP contribution < -0.4 is 4.74 Å². The van der Waals surface area contributed by atoms with Crippen molar-refractivity contribution in [1.29, 1.82) is 0 Å². The Morgan fingerprint density at radius 3 is 2.86 bits per heavy atom. The van der Waals surface area contributed by atoms with E-state index >= 15 is 0 Å². The summed E-state index contributed by atoms with van der Waals surface area (Å²) in [4.78, 5) is 19.4. The number of aromatic nitrogens is 2. The van der Waals surface area contributed by atoms with Crippen LogP contribution >= 0.6 is 0 Å². The first-order valence-electron chi connectivity index (χ1n) is 9.76. The number of hydrogen-bond donors (Lipinski definition) is 0. The Morgan fingerprint density at radius 2 is 2.03 bits per heavy atom. The van der Waals surface area contributed by atoms with Gasteiger partial charge in [-0.2, -0.15) is 4.98 Å². The normalized spacial score (nSPS) is 16.2. The second kappa shape index (κ2) is 8.43. The molecule has 7 heteroatoms. The molecule has 0 saturated carbocycles. The van der Waals surface area contributed by atoms with Crippen LogP contribution in [0.15, 0.2) is 53.1 Å². The molecule has 2 aromatic carbocycles. The maximum Gasteiger partial charge on any atom is 0.258 e. The third-order valence-corrected chi connectivity index (χ3v) is 5.01. The highest BCUT2D eigenvalue weighted by Gasteiger charge is 2.35. The number of rotatable bonds is 6. The summed E-state index contributed by atoms with van der Waals surface area (Å²) in [5, 5.41) is 4.00. The number of hydrogen-bond acceptors (Lipinski definition) is 5. The van der Waals surface area contributed by atoms with E-state index in [2.05, 4.69) is 10.1 Å². The Hall–Kier alpha value is -3.22. The summed E-state index contributed by atoms with van der Waals surface area (Å²) in [6.45, 7) is 2.97. The van der Waals surface area contributed by atoms with Crippen molar-refractivity contribution in [3.63, 3.8) is 0 Å². The van der Waals surface area contributed by atoms with Crippen LogP contribution in [0.25, 0.3) is 0 Å². The van der Waals surface area contributed by atoms with Crippen molar-refractivity contribution < 1.29 is 18.4 Å². The highest BCUT2D eigenvalue weighted by Crippen LogP contribution is 2.34. The molecule has 6 nitrogen and oxygen atoms in total. The smallest absolute Gasteiger partial charge is 0.258 e. The highest BCUT2D eigenvalue weighted by molar-refractivity contribution is 5.97. The SMILES string of the molecule is CCOc1ccccc1C(=O)N1CCCC1c1nc(Cc2ccccc2F)no1. The molecule has 29 heavy (non-hydrogen) atoms. The van der Waals surface area contributed by atoms with Crippen LogP contribution in [0.1, 0.15) is 53.4 Å². The fourth-order valence-corrected chi connectivity index (χ4v) is 3.63. The molecule has 4 rings (SSSR count). The molecule has 1 fully saturated rings. The van der Waals surface area contributed by atoms with Gasteiger partial charge < -0.3 is 14.2 Å². The fourth-order valence-electron chi connectivity index (χ4n) is 3.63. The summed E-state index contributed by atoms with van der Waals surface area (Å²) >= 11 is 0. The summed E-state index contributed by atoms with van der Waals surface area (Å²) in [5.74, 6) is 0.932. The fraction of sp³-hybridized carbons (Fsp3) is 0.318. The Morgan fingerprint density at radius 1 is 1.24 bits per heavy atom. The summed E-state index contributed by atoms with van der Waals surface area (Å²) in [6.07, 6.45) is 1.83. The molecule has 0 spiro atoms. The van der Waals surface area contributed by atoms with Crippen molar-refractivity contribution in [3.05, 3.63) is 77.2 Å². The quantitative estimate of drug-likeness (QED) is 0.626. The Bertz CT molecular complexity index is 1000. The molecule has 1 saturated heterocycles. The number of ether oxygens (including phenoxy) is 1. The van der Waals surface area contributed by atoms with Gasteiger partial charge in [0.05, 0.1) is 12.2 Å². The molecular weight excluding hydrogens is 373 g/mol. The van der Waals surface area contributed by atoms with Gasteiger partial charge in [-0.1, -0.05) is 35.5 Å². The number of nitrogens with zero attached hydrogens (tertiary/aromatic N) is 3. The molecule has 0 N–H and O–H groups in total. The van der Waals surface area contributed by atoms with Gasteiger partial charge in [0.25, 0.3) is 5.91 Å². The maximum absolute atomic E-state index is 13.9.